The Morgan fingerprint density at radius 1 is 0.967 bits per heavy atom. The Kier molecular flexibility index (Phi) is 8.79. The van der Waals surface area contributed by atoms with Gasteiger partial charge in [-0.15, -0.1) is 0 Å². The first kappa shape index (κ1) is 23.3. The number of likely N-dealkylation sites (tertiary alicyclic amines) is 1. The van der Waals surface area contributed by atoms with Gasteiger partial charge >= 0.3 is 0 Å². The molecule has 164 valence electrons. The Balaban J connectivity index is 1.50. The second-order valence-electron chi connectivity index (χ2n) is 9.21. The molecule has 1 N–H and O–H groups in total. The molecule has 4 heteroatoms. The normalized spacial score (nSPS) is 18.7. The predicted molar refractivity (Wildman–Crippen MR) is 129 cm³/mol. The molecular weight excluding hydrogens is 391 g/mol. The summed E-state index contributed by atoms with van der Waals surface area (Å²) in [4.78, 5) is 3.56. The molecule has 1 aliphatic rings. The van der Waals surface area contributed by atoms with Crippen molar-refractivity contribution in [1.29, 1.82) is 0 Å². The van der Waals surface area contributed by atoms with Crippen LogP contribution in [0.5, 0.6) is 0 Å². The molecule has 2 nitrogen and oxygen atoms in total. The number of halogens is 1. The number of nitrogens with zero attached hydrogens (tertiary/aromatic N) is 1. The summed E-state index contributed by atoms with van der Waals surface area (Å²) >= 11 is 1.64. The summed E-state index contributed by atoms with van der Waals surface area (Å²) in [7, 11) is 1.94. The average molecular weight is 429 g/mol. The first-order valence-corrected chi connectivity index (χ1v) is 12.2. The highest BCUT2D eigenvalue weighted by Gasteiger charge is 2.22. The van der Waals surface area contributed by atoms with E-state index >= 15 is 0 Å². The van der Waals surface area contributed by atoms with Gasteiger partial charge < -0.3 is 4.90 Å². The third-order valence-electron chi connectivity index (χ3n) is 5.99. The van der Waals surface area contributed by atoms with E-state index in [1.165, 1.54) is 53.7 Å². The molecule has 0 radical (unpaired) electrons. The van der Waals surface area contributed by atoms with E-state index in [0.29, 0.717) is 6.54 Å². The highest BCUT2D eigenvalue weighted by atomic mass is 32.2. The second-order valence-corrected chi connectivity index (χ2v) is 10.3. The topological polar surface area (TPSA) is 15.3 Å². The van der Waals surface area contributed by atoms with Gasteiger partial charge in [0.05, 0.1) is 0 Å². The van der Waals surface area contributed by atoms with E-state index in [1.807, 2.05) is 7.05 Å². The molecule has 0 spiro atoms. The highest BCUT2D eigenvalue weighted by molar-refractivity contribution is 7.97. The van der Waals surface area contributed by atoms with E-state index in [2.05, 4.69) is 58.2 Å². The summed E-state index contributed by atoms with van der Waals surface area (Å²) in [5.74, 6) is 0.757. The van der Waals surface area contributed by atoms with Gasteiger partial charge in [0.2, 0.25) is 0 Å². The first-order chi connectivity index (χ1) is 14.4. The minimum atomic E-state index is -1.09. The van der Waals surface area contributed by atoms with Crippen molar-refractivity contribution in [2.45, 2.75) is 62.9 Å². The quantitative estimate of drug-likeness (QED) is 0.468. The van der Waals surface area contributed by atoms with Crippen LogP contribution >= 0.6 is 11.9 Å². The number of hydrogen-bond acceptors (Lipinski definition) is 3. The third-order valence-corrected chi connectivity index (χ3v) is 6.70. The maximum atomic E-state index is 14.0. The summed E-state index contributed by atoms with van der Waals surface area (Å²) in [6, 6.07) is 17.8. The maximum absolute atomic E-state index is 14.0. The van der Waals surface area contributed by atoms with Crippen molar-refractivity contribution < 1.29 is 4.39 Å². The first-order valence-electron chi connectivity index (χ1n) is 11.4. The Hall–Kier alpha value is -1.36. The van der Waals surface area contributed by atoms with Crippen molar-refractivity contribution in [3.8, 4) is 11.1 Å². The highest BCUT2D eigenvalue weighted by Crippen LogP contribution is 2.26. The molecule has 0 saturated carbocycles. The second kappa shape index (κ2) is 11.3. The lowest BCUT2D eigenvalue weighted by Crippen LogP contribution is -2.38. The molecule has 0 aromatic heterocycles. The number of benzene rings is 2. The van der Waals surface area contributed by atoms with Gasteiger partial charge in [0.15, 0.2) is 0 Å². The van der Waals surface area contributed by atoms with Crippen LogP contribution in [-0.4, -0.2) is 37.3 Å². The predicted octanol–water partition coefficient (Wildman–Crippen LogP) is 6.75. The fourth-order valence-corrected chi connectivity index (χ4v) is 4.94. The molecule has 0 amide bonds. The maximum Gasteiger partial charge on any atom is 0.118 e. The van der Waals surface area contributed by atoms with Crippen LogP contribution in [0.3, 0.4) is 0 Å². The third kappa shape index (κ3) is 7.72. The number of aryl methyl sites for hydroxylation is 1. The van der Waals surface area contributed by atoms with Crippen LogP contribution in [-0.2, 0) is 6.42 Å². The van der Waals surface area contributed by atoms with E-state index in [9.17, 15) is 4.39 Å². The van der Waals surface area contributed by atoms with E-state index in [1.54, 1.807) is 25.8 Å². The van der Waals surface area contributed by atoms with Crippen LogP contribution in [0, 0.1) is 5.92 Å². The molecule has 30 heavy (non-hydrogen) atoms. The smallest absolute Gasteiger partial charge is 0.118 e. The molecule has 1 saturated heterocycles. The van der Waals surface area contributed by atoms with Gasteiger partial charge in [-0.25, -0.2) is 4.39 Å². The van der Waals surface area contributed by atoms with E-state index in [4.69, 9.17) is 0 Å². The molecular formula is C26H37FN2S. The standard InChI is InChI=1S/C26H37FN2S/c1-26(2,27)20-29-18-5-4-6-21(17-19-29)7-8-22-9-11-23(12-10-22)24-13-15-25(16-14-24)30-28-3/h9-16,21,28H,4-8,17-20H2,1-3H3. The lowest BCUT2D eigenvalue weighted by molar-refractivity contribution is 0.111. The van der Waals surface area contributed by atoms with Gasteiger partial charge in [-0.3, -0.25) is 4.72 Å². The lowest BCUT2D eigenvalue weighted by Gasteiger charge is -2.31. The van der Waals surface area contributed by atoms with Crippen molar-refractivity contribution >= 4 is 11.9 Å². The zero-order valence-corrected chi connectivity index (χ0v) is 19.6. The van der Waals surface area contributed by atoms with E-state index < -0.39 is 5.67 Å². The fraction of sp³-hybridized carbons (Fsp3) is 0.538. The van der Waals surface area contributed by atoms with Crippen LogP contribution < -0.4 is 4.72 Å². The van der Waals surface area contributed by atoms with Gasteiger partial charge in [0.25, 0.3) is 0 Å². The molecule has 2 aromatic rings. The van der Waals surface area contributed by atoms with Gasteiger partial charge in [0.1, 0.15) is 5.67 Å². The molecule has 1 unspecified atom stereocenters. The molecule has 1 aliphatic heterocycles. The van der Waals surface area contributed by atoms with Crippen molar-refractivity contribution in [3.63, 3.8) is 0 Å². The lowest BCUT2D eigenvalue weighted by atomic mass is 9.89. The Bertz CT molecular complexity index is 752. The van der Waals surface area contributed by atoms with Crippen molar-refractivity contribution in [2.75, 3.05) is 26.7 Å². The Labute approximate surface area is 186 Å². The molecule has 0 aliphatic carbocycles. The number of nitrogens with one attached hydrogen (secondary N) is 1. The Morgan fingerprint density at radius 2 is 1.63 bits per heavy atom. The molecule has 2 aromatic carbocycles. The minimum Gasteiger partial charge on any atom is -0.300 e. The van der Waals surface area contributed by atoms with Gasteiger partial charge in [-0.2, -0.15) is 0 Å². The van der Waals surface area contributed by atoms with Crippen LogP contribution in [0.15, 0.2) is 53.4 Å². The zero-order chi connectivity index (χ0) is 21.4. The molecule has 1 fully saturated rings. The van der Waals surface area contributed by atoms with E-state index in [0.717, 1.165) is 25.4 Å². The van der Waals surface area contributed by atoms with Crippen LogP contribution in [0.1, 0.15) is 51.5 Å². The summed E-state index contributed by atoms with van der Waals surface area (Å²) in [5, 5.41) is 0. The van der Waals surface area contributed by atoms with Crippen molar-refractivity contribution in [1.82, 2.24) is 9.62 Å². The SMILES string of the molecule is CNSc1ccc(-c2ccc(CCC3CCCCN(CC(C)(C)F)CC3)cc2)cc1. The summed E-state index contributed by atoms with van der Waals surface area (Å²) in [5.41, 5.74) is 2.86. The molecule has 0 bridgehead atoms. The zero-order valence-electron chi connectivity index (χ0n) is 18.8. The summed E-state index contributed by atoms with van der Waals surface area (Å²) in [6.07, 6.45) is 7.37. The van der Waals surface area contributed by atoms with Crippen LogP contribution in [0.2, 0.25) is 0 Å². The van der Waals surface area contributed by atoms with Gasteiger partial charge in [-0.05, 0) is 106 Å². The fourth-order valence-electron chi connectivity index (χ4n) is 4.44. The summed E-state index contributed by atoms with van der Waals surface area (Å²) in [6.45, 7) is 6.05. The largest absolute Gasteiger partial charge is 0.300 e. The van der Waals surface area contributed by atoms with Crippen molar-refractivity contribution in [2.24, 2.45) is 5.92 Å². The summed E-state index contributed by atoms with van der Waals surface area (Å²) < 4.78 is 17.1. The number of hydrogen-bond donors (Lipinski definition) is 1. The van der Waals surface area contributed by atoms with Crippen LogP contribution in [0.25, 0.3) is 11.1 Å². The Morgan fingerprint density at radius 3 is 2.27 bits per heavy atom. The minimum absolute atomic E-state index is 0.565. The number of alkyl halides is 1. The monoisotopic (exact) mass is 428 g/mol. The van der Waals surface area contributed by atoms with Crippen molar-refractivity contribution in [3.05, 3.63) is 54.1 Å². The van der Waals surface area contributed by atoms with E-state index in [-0.39, 0.29) is 0 Å². The molecule has 1 heterocycles. The average Bonchev–Trinajstić information content (AvgIpc) is 2.70. The number of rotatable bonds is 8. The van der Waals surface area contributed by atoms with Gasteiger partial charge in [0, 0.05) is 11.4 Å². The molecule has 1 atom stereocenters. The van der Waals surface area contributed by atoms with Crippen LogP contribution in [0.4, 0.5) is 4.39 Å². The van der Waals surface area contributed by atoms with Gasteiger partial charge in [-0.1, -0.05) is 49.2 Å². The molecule has 3 rings (SSSR count).